The minimum Gasteiger partial charge on any atom is -0.382 e. The third-order valence-corrected chi connectivity index (χ3v) is 3.92. The summed E-state index contributed by atoms with van der Waals surface area (Å²) in [6.07, 6.45) is 1.85. The summed E-state index contributed by atoms with van der Waals surface area (Å²) in [5.74, 6) is 0. The summed E-state index contributed by atoms with van der Waals surface area (Å²) >= 11 is 0. The van der Waals surface area contributed by atoms with Crippen molar-refractivity contribution in [1.29, 1.82) is 0 Å². The van der Waals surface area contributed by atoms with Crippen LogP contribution in [0.15, 0.2) is 30.6 Å². The number of aromatic nitrogens is 2. The predicted molar refractivity (Wildman–Crippen MR) is 106 cm³/mol. The maximum atomic E-state index is 5.61. The Morgan fingerprint density at radius 1 is 0.679 bits per heavy atom. The average molecular weight is 396 g/mol. The van der Waals surface area contributed by atoms with E-state index >= 15 is 0 Å². The highest BCUT2D eigenvalue weighted by molar-refractivity contribution is 5.74. The zero-order valence-corrected chi connectivity index (χ0v) is 16.7. The van der Waals surface area contributed by atoms with Crippen molar-refractivity contribution in [3.63, 3.8) is 0 Å². The number of imidazole rings is 1. The Labute approximate surface area is 166 Å². The molecule has 8 heteroatoms. The Morgan fingerprint density at radius 2 is 1.18 bits per heavy atom. The topological polar surface area (TPSA) is 73.2 Å². The second-order valence-electron chi connectivity index (χ2n) is 5.98. The van der Waals surface area contributed by atoms with Gasteiger partial charge in [0.15, 0.2) is 0 Å². The average Bonchev–Trinajstić information content (AvgIpc) is 3.13. The van der Waals surface area contributed by atoms with E-state index in [1.807, 2.05) is 24.5 Å². The molecule has 0 N–H and O–H groups in total. The van der Waals surface area contributed by atoms with E-state index in [9.17, 15) is 0 Å². The first-order chi connectivity index (χ1) is 13.9. The number of hydrogen-bond acceptors (Lipinski definition) is 7. The fourth-order valence-electron chi connectivity index (χ4n) is 2.48. The van der Waals surface area contributed by atoms with Crippen molar-refractivity contribution in [1.82, 2.24) is 9.55 Å². The normalized spacial score (nSPS) is 11.5. The SMILES string of the molecule is COCCOCCOCCOCCOCCOCCn1cnc2ccccc21. The van der Waals surface area contributed by atoms with Gasteiger partial charge in [-0.05, 0) is 12.1 Å². The van der Waals surface area contributed by atoms with E-state index < -0.39 is 0 Å². The molecule has 0 spiro atoms. The number of hydrogen-bond donors (Lipinski definition) is 0. The van der Waals surface area contributed by atoms with Crippen molar-refractivity contribution >= 4 is 11.0 Å². The summed E-state index contributed by atoms with van der Waals surface area (Å²) in [7, 11) is 1.65. The van der Waals surface area contributed by atoms with Gasteiger partial charge in [0.25, 0.3) is 0 Å². The molecule has 0 fully saturated rings. The molecular formula is C20H32N2O6. The van der Waals surface area contributed by atoms with Crippen LogP contribution in [0.4, 0.5) is 0 Å². The number of fused-ring (bicyclic) bond motifs is 1. The van der Waals surface area contributed by atoms with Crippen LogP contribution in [0.2, 0.25) is 0 Å². The van der Waals surface area contributed by atoms with Gasteiger partial charge in [0.2, 0.25) is 0 Å². The maximum Gasteiger partial charge on any atom is 0.0959 e. The van der Waals surface area contributed by atoms with Crippen molar-refractivity contribution < 1.29 is 28.4 Å². The molecule has 0 bridgehead atoms. The van der Waals surface area contributed by atoms with Gasteiger partial charge in [-0.1, -0.05) is 12.1 Å². The quantitative estimate of drug-likeness (QED) is 0.356. The summed E-state index contributed by atoms with van der Waals surface area (Å²) in [6.45, 7) is 7.09. The highest BCUT2D eigenvalue weighted by Gasteiger charge is 2.00. The molecule has 0 atom stereocenters. The van der Waals surface area contributed by atoms with Gasteiger partial charge >= 0.3 is 0 Å². The minimum absolute atomic E-state index is 0.550. The van der Waals surface area contributed by atoms with Crippen molar-refractivity contribution in [3.05, 3.63) is 30.6 Å². The van der Waals surface area contributed by atoms with Crippen LogP contribution in [0.5, 0.6) is 0 Å². The smallest absolute Gasteiger partial charge is 0.0959 e. The van der Waals surface area contributed by atoms with E-state index in [-0.39, 0.29) is 0 Å². The van der Waals surface area contributed by atoms with E-state index in [1.165, 1.54) is 0 Å². The lowest BCUT2D eigenvalue weighted by molar-refractivity contribution is -0.0149. The highest BCUT2D eigenvalue weighted by atomic mass is 16.6. The van der Waals surface area contributed by atoms with Gasteiger partial charge < -0.3 is 33.0 Å². The first-order valence-electron chi connectivity index (χ1n) is 9.69. The third kappa shape index (κ3) is 9.59. The Bertz CT molecular complexity index is 622. The lowest BCUT2D eigenvalue weighted by atomic mass is 10.3. The summed E-state index contributed by atoms with van der Waals surface area (Å²) in [4.78, 5) is 4.36. The molecule has 0 aliphatic carbocycles. The van der Waals surface area contributed by atoms with Crippen LogP contribution in [0.25, 0.3) is 11.0 Å². The number of para-hydroxylation sites is 2. The predicted octanol–water partition coefficient (Wildman–Crippen LogP) is 1.77. The summed E-state index contributed by atoms with van der Waals surface area (Å²) in [5.41, 5.74) is 2.13. The third-order valence-electron chi connectivity index (χ3n) is 3.92. The van der Waals surface area contributed by atoms with Crippen LogP contribution in [0, 0.1) is 0 Å². The molecule has 1 aromatic carbocycles. The molecule has 1 heterocycles. The lowest BCUT2D eigenvalue weighted by Crippen LogP contribution is -2.14. The van der Waals surface area contributed by atoms with Crippen LogP contribution in [0.1, 0.15) is 0 Å². The van der Waals surface area contributed by atoms with Crippen LogP contribution < -0.4 is 0 Å². The van der Waals surface area contributed by atoms with Gasteiger partial charge in [0.1, 0.15) is 0 Å². The monoisotopic (exact) mass is 396 g/mol. The van der Waals surface area contributed by atoms with E-state index in [4.69, 9.17) is 28.4 Å². The molecule has 8 nitrogen and oxygen atoms in total. The molecule has 2 rings (SSSR count). The van der Waals surface area contributed by atoms with Gasteiger partial charge in [-0.25, -0.2) is 4.98 Å². The van der Waals surface area contributed by atoms with Crippen molar-refractivity contribution in [2.45, 2.75) is 6.54 Å². The molecule has 0 saturated heterocycles. The first-order valence-corrected chi connectivity index (χ1v) is 9.69. The Hall–Kier alpha value is -1.55. The van der Waals surface area contributed by atoms with Gasteiger partial charge in [-0.3, -0.25) is 0 Å². The second-order valence-corrected chi connectivity index (χ2v) is 5.98. The summed E-state index contributed by atoms with van der Waals surface area (Å²) in [5, 5.41) is 0. The highest BCUT2D eigenvalue weighted by Crippen LogP contribution is 2.11. The van der Waals surface area contributed by atoms with Crippen LogP contribution >= 0.6 is 0 Å². The molecule has 0 radical (unpaired) electrons. The molecule has 1 aromatic heterocycles. The van der Waals surface area contributed by atoms with Gasteiger partial charge in [0, 0.05) is 13.7 Å². The van der Waals surface area contributed by atoms with Crippen molar-refractivity contribution in [3.8, 4) is 0 Å². The van der Waals surface area contributed by atoms with E-state index in [0.717, 1.165) is 17.6 Å². The van der Waals surface area contributed by atoms with Gasteiger partial charge in [0.05, 0.1) is 90.0 Å². The zero-order chi connectivity index (χ0) is 19.7. The molecule has 0 aliphatic rings. The summed E-state index contributed by atoms with van der Waals surface area (Å²) < 4.78 is 34.2. The maximum absolute atomic E-state index is 5.61. The van der Waals surface area contributed by atoms with Gasteiger partial charge in [-0.15, -0.1) is 0 Å². The zero-order valence-electron chi connectivity index (χ0n) is 16.7. The molecule has 0 amide bonds. The number of ether oxygens (including phenoxy) is 6. The fraction of sp³-hybridized carbons (Fsp3) is 0.650. The molecular weight excluding hydrogens is 364 g/mol. The first kappa shape index (κ1) is 22.7. The van der Waals surface area contributed by atoms with Crippen LogP contribution in [0.3, 0.4) is 0 Å². The van der Waals surface area contributed by atoms with E-state index in [1.54, 1.807) is 7.11 Å². The van der Waals surface area contributed by atoms with E-state index in [2.05, 4.69) is 15.6 Å². The number of nitrogens with zero attached hydrogens (tertiary/aromatic N) is 2. The largest absolute Gasteiger partial charge is 0.382 e. The molecule has 0 saturated carbocycles. The lowest BCUT2D eigenvalue weighted by Gasteiger charge is -2.08. The van der Waals surface area contributed by atoms with Crippen molar-refractivity contribution in [2.24, 2.45) is 0 Å². The number of benzene rings is 1. The Morgan fingerprint density at radius 3 is 1.75 bits per heavy atom. The van der Waals surface area contributed by atoms with Crippen LogP contribution in [-0.4, -0.2) is 89.3 Å². The number of rotatable bonds is 18. The van der Waals surface area contributed by atoms with E-state index in [0.29, 0.717) is 72.7 Å². The Balaban J connectivity index is 1.31. The molecule has 0 unspecified atom stereocenters. The van der Waals surface area contributed by atoms with Crippen LogP contribution in [-0.2, 0) is 35.0 Å². The second kappa shape index (κ2) is 15.4. The molecule has 0 aliphatic heterocycles. The number of methoxy groups -OCH3 is 1. The van der Waals surface area contributed by atoms with Gasteiger partial charge in [-0.2, -0.15) is 0 Å². The summed E-state index contributed by atoms with van der Waals surface area (Å²) in [6, 6.07) is 8.08. The van der Waals surface area contributed by atoms with Crippen molar-refractivity contribution in [2.75, 3.05) is 79.8 Å². The molecule has 2 aromatic rings. The molecule has 28 heavy (non-hydrogen) atoms. The minimum atomic E-state index is 0.550. The molecule has 158 valence electrons. The fourth-order valence-corrected chi connectivity index (χ4v) is 2.48. The Kier molecular flexibility index (Phi) is 12.5. The standard InChI is InChI=1S/C20H32N2O6/c1-23-8-9-25-12-13-27-16-17-28-15-14-26-11-10-24-7-6-22-18-21-19-4-2-3-5-20(19)22/h2-5,18H,6-17H2,1H3.